The van der Waals surface area contributed by atoms with Crippen molar-refractivity contribution < 1.29 is 14.4 Å². The zero-order chi connectivity index (χ0) is 33.8. The summed E-state index contributed by atoms with van der Waals surface area (Å²) in [5.74, 6) is -0.429. The number of primary amides is 1. The minimum Gasteiger partial charge on any atom is -0.369 e. The third-order valence-electron chi connectivity index (χ3n) is 10.6. The quantitative estimate of drug-likeness (QED) is 0.106. The second kappa shape index (κ2) is 17.5. The SMILES string of the molecule is CN(CCCCCCCCCCCCN1CCC(C(C(N)=O)(c2ccccc2)c2ccccc2)C1)CCN1C(=O)c2ccccc2C1=O. The summed E-state index contributed by atoms with van der Waals surface area (Å²) in [4.78, 5) is 44.5. The highest BCUT2D eigenvalue weighted by atomic mass is 16.2. The first-order valence-electron chi connectivity index (χ1n) is 18.2. The van der Waals surface area contributed by atoms with Crippen molar-refractivity contribution in [1.29, 1.82) is 0 Å². The summed E-state index contributed by atoms with van der Waals surface area (Å²) in [6.07, 6.45) is 13.6. The first kappa shape index (κ1) is 35.5. The van der Waals surface area contributed by atoms with E-state index < -0.39 is 5.41 Å². The molecule has 2 N–H and O–H groups in total. The van der Waals surface area contributed by atoms with Gasteiger partial charge in [-0.05, 0) is 75.1 Å². The lowest BCUT2D eigenvalue weighted by Crippen LogP contribution is -2.49. The average Bonchev–Trinajstić information content (AvgIpc) is 3.67. The number of carbonyl (C=O) groups excluding carboxylic acids is 3. The lowest BCUT2D eigenvalue weighted by atomic mass is 9.64. The van der Waals surface area contributed by atoms with Gasteiger partial charge in [0.2, 0.25) is 5.91 Å². The van der Waals surface area contributed by atoms with Crippen LogP contribution in [-0.2, 0) is 10.2 Å². The molecule has 7 heteroatoms. The van der Waals surface area contributed by atoms with E-state index in [9.17, 15) is 14.4 Å². The first-order chi connectivity index (χ1) is 23.4. The van der Waals surface area contributed by atoms with Crippen molar-refractivity contribution in [3.05, 3.63) is 107 Å². The highest BCUT2D eigenvalue weighted by Crippen LogP contribution is 2.43. The molecule has 1 saturated heterocycles. The topological polar surface area (TPSA) is 86.9 Å². The van der Waals surface area contributed by atoms with Crippen LogP contribution in [0, 0.1) is 5.92 Å². The number of fused-ring (bicyclic) bond motifs is 1. The van der Waals surface area contributed by atoms with Gasteiger partial charge in [-0.3, -0.25) is 19.3 Å². The fraction of sp³-hybridized carbons (Fsp3) is 0.488. The Labute approximate surface area is 287 Å². The molecule has 0 bridgehead atoms. The number of benzene rings is 3. The molecule has 48 heavy (non-hydrogen) atoms. The highest BCUT2D eigenvalue weighted by molar-refractivity contribution is 6.21. The minimum atomic E-state index is -0.808. The summed E-state index contributed by atoms with van der Waals surface area (Å²) >= 11 is 0. The lowest BCUT2D eigenvalue weighted by Gasteiger charge is -2.37. The third-order valence-corrected chi connectivity index (χ3v) is 10.6. The largest absolute Gasteiger partial charge is 0.369 e. The molecule has 2 heterocycles. The van der Waals surface area contributed by atoms with Crippen molar-refractivity contribution in [1.82, 2.24) is 14.7 Å². The summed E-state index contributed by atoms with van der Waals surface area (Å²) in [5, 5.41) is 0. The highest BCUT2D eigenvalue weighted by Gasteiger charge is 2.49. The molecule has 5 rings (SSSR count). The predicted molar refractivity (Wildman–Crippen MR) is 193 cm³/mol. The van der Waals surface area contributed by atoms with Gasteiger partial charge in [-0.1, -0.05) is 124 Å². The van der Waals surface area contributed by atoms with Crippen LogP contribution in [0.15, 0.2) is 84.9 Å². The third kappa shape index (κ3) is 8.42. The molecule has 1 fully saturated rings. The summed E-state index contributed by atoms with van der Waals surface area (Å²) in [6, 6.07) is 27.4. The van der Waals surface area contributed by atoms with Gasteiger partial charge in [0.15, 0.2) is 0 Å². The van der Waals surface area contributed by atoms with Crippen molar-refractivity contribution in [2.24, 2.45) is 11.7 Å². The van der Waals surface area contributed by atoms with Gasteiger partial charge in [-0.25, -0.2) is 0 Å². The van der Waals surface area contributed by atoms with Crippen molar-refractivity contribution in [2.75, 3.05) is 46.3 Å². The van der Waals surface area contributed by atoms with Gasteiger partial charge in [0.05, 0.1) is 11.1 Å². The molecule has 1 atom stereocenters. The Kier molecular flexibility index (Phi) is 13.0. The second-order valence-corrected chi connectivity index (χ2v) is 13.8. The molecular formula is C41H54N4O3. The van der Waals surface area contributed by atoms with Crippen LogP contribution in [0.5, 0.6) is 0 Å². The number of hydrogen-bond donors (Lipinski definition) is 1. The maximum atomic E-state index is 13.3. The van der Waals surface area contributed by atoms with E-state index in [0.717, 1.165) is 50.1 Å². The van der Waals surface area contributed by atoms with E-state index in [0.29, 0.717) is 24.2 Å². The molecule has 7 nitrogen and oxygen atoms in total. The monoisotopic (exact) mass is 650 g/mol. The van der Waals surface area contributed by atoms with Crippen molar-refractivity contribution >= 4 is 17.7 Å². The molecule has 2 aliphatic heterocycles. The van der Waals surface area contributed by atoms with E-state index in [4.69, 9.17) is 5.73 Å². The van der Waals surface area contributed by atoms with Crippen LogP contribution in [0.1, 0.15) is 102 Å². The molecule has 256 valence electrons. The molecule has 2 aliphatic rings. The van der Waals surface area contributed by atoms with Gasteiger partial charge in [0.25, 0.3) is 11.8 Å². The number of amides is 3. The van der Waals surface area contributed by atoms with Gasteiger partial charge in [0.1, 0.15) is 5.41 Å². The van der Waals surface area contributed by atoms with Crippen LogP contribution >= 0.6 is 0 Å². The van der Waals surface area contributed by atoms with Crippen molar-refractivity contribution in [3.63, 3.8) is 0 Å². The Hall–Kier alpha value is -3.81. The van der Waals surface area contributed by atoms with E-state index in [1.165, 1.54) is 62.7 Å². The maximum Gasteiger partial charge on any atom is 0.261 e. The maximum absolute atomic E-state index is 13.3. The van der Waals surface area contributed by atoms with Crippen LogP contribution < -0.4 is 5.73 Å². The summed E-state index contributed by atoms with van der Waals surface area (Å²) in [7, 11) is 2.07. The molecule has 0 radical (unpaired) electrons. The van der Waals surface area contributed by atoms with Gasteiger partial charge in [-0.15, -0.1) is 0 Å². The van der Waals surface area contributed by atoms with Gasteiger partial charge in [0, 0.05) is 19.6 Å². The van der Waals surface area contributed by atoms with Crippen LogP contribution in [0.4, 0.5) is 0 Å². The average molecular weight is 651 g/mol. The number of rotatable bonds is 20. The minimum absolute atomic E-state index is 0.157. The molecule has 3 aromatic rings. The zero-order valence-electron chi connectivity index (χ0n) is 28.8. The van der Waals surface area contributed by atoms with Crippen molar-refractivity contribution in [2.45, 2.75) is 76.0 Å². The number of likely N-dealkylation sites (tertiary alicyclic amines) is 1. The summed E-state index contributed by atoms with van der Waals surface area (Å²) in [5.41, 5.74) is 8.50. The van der Waals surface area contributed by atoms with Gasteiger partial charge in [-0.2, -0.15) is 0 Å². The fourth-order valence-electron chi connectivity index (χ4n) is 7.87. The molecular weight excluding hydrogens is 596 g/mol. The van der Waals surface area contributed by atoms with E-state index >= 15 is 0 Å². The number of carbonyl (C=O) groups is 3. The second-order valence-electron chi connectivity index (χ2n) is 13.8. The zero-order valence-corrected chi connectivity index (χ0v) is 28.8. The fourth-order valence-corrected chi connectivity index (χ4v) is 7.87. The smallest absolute Gasteiger partial charge is 0.261 e. The van der Waals surface area contributed by atoms with E-state index in [1.54, 1.807) is 12.1 Å². The Morgan fingerprint density at radius 1 is 0.688 bits per heavy atom. The number of nitrogens with two attached hydrogens (primary N) is 1. The number of nitrogens with zero attached hydrogens (tertiary/aromatic N) is 3. The van der Waals surface area contributed by atoms with Crippen LogP contribution in [0.3, 0.4) is 0 Å². The number of hydrogen-bond acceptors (Lipinski definition) is 5. The van der Waals surface area contributed by atoms with Crippen LogP contribution in [0.2, 0.25) is 0 Å². The molecule has 0 aliphatic carbocycles. The predicted octanol–water partition coefficient (Wildman–Crippen LogP) is 6.91. The molecule has 0 aromatic heterocycles. The Bertz CT molecular complexity index is 1400. The molecule has 1 unspecified atom stereocenters. The van der Waals surface area contributed by atoms with Gasteiger partial charge >= 0.3 is 0 Å². The summed E-state index contributed by atoms with van der Waals surface area (Å²) < 4.78 is 0. The molecule has 3 amide bonds. The number of unbranched alkanes of at least 4 members (excludes halogenated alkanes) is 9. The molecule has 0 spiro atoms. The van der Waals surface area contributed by atoms with Crippen molar-refractivity contribution in [3.8, 4) is 0 Å². The van der Waals surface area contributed by atoms with Gasteiger partial charge < -0.3 is 15.5 Å². The molecule has 3 aromatic carbocycles. The normalized spacial score (nSPS) is 16.6. The van der Waals surface area contributed by atoms with Crippen LogP contribution in [0.25, 0.3) is 0 Å². The van der Waals surface area contributed by atoms with E-state index in [1.807, 2.05) is 48.5 Å². The number of likely N-dealkylation sites (N-methyl/N-ethyl adjacent to an activating group) is 1. The van der Waals surface area contributed by atoms with Crippen LogP contribution in [-0.4, -0.2) is 78.7 Å². The molecule has 0 saturated carbocycles. The van der Waals surface area contributed by atoms with E-state index in [-0.39, 0.29) is 23.6 Å². The Morgan fingerprint density at radius 3 is 1.69 bits per heavy atom. The lowest BCUT2D eigenvalue weighted by molar-refractivity contribution is -0.123. The Balaban J connectivity index is 0.904. The van der Waals surface area contributed by atoms with E-state index in [2.05, 4.69) is 41.1 Å². The standard InChI is InChI=1S/C41H54N4O3/c1-43(30-31-45-38(46)36-24-16-17-25-37(36)39(45)47)27-18-8-6-4-2-3-5-7-9-19-28-44-29-26-35(32-44)41(40(42)48,33-20-12-10-13-21-33)34-22-14-11-15-23-34/h10-17,20-25,35H,2-9,18-19,26-32H2,1H3,(H2,42,48). The Morgan fingerprint density at radius 2 is 1.17 bits per heavy atom. The summed E-state index contributed by atoms with van der Waals surface area (Å²) in [6.45, 7) is 5.14. The number of imide groups is 1. The first-order valence-corrected chi connectivity index (χ1v) is 18.2.